The highest BCUT2D eigenvalue weighted by molar-refractivity contribution is 5.80. The lowest BCUT2D eigenvalue weighted by molar-refractivity contribution is 0.306. The highest BCUT2D eigenvalue weighted by Gasteiger charge is 2.12. The van der Waals surface area contributed by atoms with E-state index in [1.807, 2.05) is 60.7 Å². The van der Waals surface area contributed by atoms with Gasteiger partial charge in [0.2, 0.25) is 11.6 Å². The maximum Gasteiger partial charge on any atom is 0.252 e. The summed E-state index contributed by atoms with van der Waals surface area (Å²) in [4.78, 5) is 4.03. The number of benzene rings is 2. The molecule has 3 rings (SSSR count). The zero-order valence-electron chi connectivity index (χ0n) is 14.8. The normalized spacial score (nSPS) is 10.5. The van der Waals surface area contributed by atoms with E-state index in [1.165, 1.54) is 0 Å². The Bertz CT molecular complexity index is 983. The SMILES string of the molecule is C=C(C)c1nc(C#N)c(N/N=C/c2ccc(OCc3ccccc3)cc2)o1. The average molecular weight is 358 g/mol. The lowest BCUT2D eigenvalue weighted by Crippen LogP contribution is -1.95. The van der Waals surface area contributed by atoms with E-state index in [4.69, 9.17) is 14.4 Å². The molecule has 0 atom stereocenters. The Morgan fingerprint density at radius 3 is 2.67 bits per heavy atom. The van der Waals surface area contributed by atoms with Crippen LogP contribution >= 0.6 is 0 Å². The first-order valence-corrected chi connectivity index (χ1v) is 8.28. The average Bonchev–Trinajstić information content (AvgIpc) is 3.12. The van der Waals surface area contributed by atoms with Crippen molar-refractivity contribution in [3.8, 4) is 11.8 Å². The zero-order chi connectivity index (χ0) is 19.1. The molecule has 27 heavy (non-hydrogen) atoms. The van der Waals surface area contributed by atoms with Gasteiger partial charge in [0, 0.05) is 5.57 Å². The molecule has 0 radical (unpaired) electrons. The molecule has 0 amide bonds. The molecule has 1 aromatic heterocycles. The highest BCUT2D eigenvalue weighted by Crippen LogP contribution is 2.20. The van der Waals surface area contributed by atoms with Crippen molar-refractivity contribution in [1.82, 2.24) is 4.98 Å². The van der Waals surface area contributed by atoms with Gasteiger partial charge in [0.05, 0.1) is 6.21 Å². The first-order chi connectivity index (χ1) is 13.2. The number of hydrazone groups is 1. The molecular weight excluding hydrogens is 340 g/mol. The van der Waals surface area contributed by atoms with Crippen molar-refractivity contribution < 1.29 is 9.15 Å². The van der Waals surface area contributed by atoms with E-state index in [0.29, 0.717) is 18.1 Å². The van der Waals surface area contributed by atoms with Crippen LogP contribution in [0.5, 0.6) is 5.75 Å². The topological polar surface area (TPSA) is 83.4 Å². The minimum atomic E-state index is 0.134. The van der Waals surface area contributed by atoms with E-state index < -0.39 is 0 Å². The largest absolute Gasteiger partial charge is 0.489 e. The second-order valence-electron chi connectivity index (χ2n) is 5.80. The van der Waals surface area contributed by atoms with E-state index in [-0.39, 0.29) is 11.6 Å². The quantitative estimate of drug-likeness (QED) is 0.493. The van der Waals surface area contributed by atoms with Crippen LogP contribution in [0.1, 0.15) is 29.6 Å². The van der Waals surface area contributed by atoms with Gasteiger partial charge in [-0.25, -0.2) is 5.43 Å². The van der Waals surface area contributed by atoms with Gasteiger partial charge in [-0.1, -0.05) is 36.9 Å². The molecule has 0 aliphatic rings. The van der Waals surface area contributed by atoms with Crippen molar-refractivity contribution in [3.05, 3.63) is 83.9 Å². The number of hydrogen-bond donors (Lipinski definition) is 1. The Morgan fingerprint density at radius 1 is 1.26 bits per heavy atom. The summed E-state index contributed by atoms with van der Waals surface area (Å²) >= 11 is 0. The molecule has 0 unspecified atom stereocenters. The van der Waals surface area contributed by atoms with E-state index in [9.17, 15) is 0 Å². The number of oxazole rings is 1. The molecule has 0 bridgehead atoms. The fourth-order valence-electron chi connectivity index (χ4n) is 2.21. The molecule has 2 aromatic carbocycles. The van der Waals surface area contributed by atoms with Gasteiger partial charge in [0.15, 0.2) is 0 Å². The minimum absolute atomic E-state index is 0.134. The fraction of sp³-hybridized carbons (Fsp3) is 0.0952. The Morgan fingerprint density at radius 2 is 2.00 bits per heavy atom. The summed E-state index contributed by atoms with van der Waals surface area (Å²) in [5, 5.41) is 13.2. The number of nitriles is 1. The van der Waals surface area contributed by atoms with Crippen LogP contribution in [-0.2, 0) is 6.61 Å². The number of anilines is 1. The molecule has 1 N–H and O–H groups in total. The van der Waals surface area contributed by atoms with E-state index in [1.54, 1.807) is 13.1 Å². The predicted molar refractivity (Wildman–Crippen MR) is 104 cm³/mol. The summed E-state index contributed by atoms with van der Waals surface area (Å²) in [6, 6.07) is 19.5. The Kier molecular flexibility index (Phi) is 5.65. The standard InChI is InChI=1S/C21H18N4O2/c1-15(2)20-24-19(12-22)21(27-20)25-23-13-16-8-10-18(11-9-16)26-14-17-6-4-3-5-7-17/h3-11,13,25H,1,14H2,2H3/b23-13+. The van der Waals surface area contributed by atoms with Crippen LogP contribution in [0.4, 0.5) is 5.88 Å². The summed E-state index contributed by atoms with van der Waals surface area (Å²) in [5.41, 5.74) is 5.44. The van der Waals surface area contributed by atoms with Gasteiger partial charge < -0.3 is 9.15 Å². The van der Waals surface area contributed by atoms with Crippen molar-refractivity contribution in [1.29, 1.82) is 5.26 Å². The molecule has 0 spiro atoms. The van der Waals surface area contributed by atoms with Gasteiger partial charge in [0.25, 0.3) is 5.88 Å². The molecule has 6 heteroatoms. The van der Waals surface area contributed by atoms with Crippen LogP contribution in [0.2, 0.25) is 0 Å². The van der Waals surface area contributed by atoms with Crippen molar-refractivity contribution in [3.63, 3.8) is 0 Å². The van der Waals surface area contributed by atoms with E-state index in [0.717, 1.165) is 16.9 Å². The lowest BCUT2D eigenvalue weighted by Gasteiger charge is -2.06. The molecule has 0 saturated heterocycles. The molecule has 0 aliphatic heterocycles. The third kappa shape index (κ3) is 4.83. The molecule has 134 valence electrons. The molecule has 0 saturated carbocycles. The second-order valence-corrected chi connectivity index (χ2v) is 5.80. The van der Waals surface area contributed by atoms with Gasteiger partial charge >= 0.3 is 0 Å². The summed E-state index contributed by atoms with van der Waals surface area (Å²) < 4.78 is 11.2. The van der Waals surface area contributed by atoms with Gasteiger partial charge in [0.1, 0.15) is 18.4 Å². The fourth-order valence-corrected chi connectivity index (χ4v) is 2.21. The molecule has 1 heterocycles. The lowest BCUT2D eigenvalue weighted by atomic mass is 10.2. The van der Waals surface area contributed by atoms with Crippen molar-refractivity contribution in [2.24, 2.45) is 5.10 Å². The molecule has 3 aromatic rings. The predicted octanol–water partition coefficient (Wildman–Crippen LogP) is 4.60. The summed E-state index contributed by atoms with van der Waals surface area (Å²) in [5.74, 6) is 1.27. The highest BCUT2D eigenvalue weighted by atomic mass is 16.5. The van der Waals surface area contributed by atoms with Crippen molar-refractivity contribution >= 4 is 17.7 Å². The smallest absolute Gasteiger partial charge is 0.252 e. The van der Waals surface area contributed by atoms with Crippen LogP contribution in [0.15, 0.2) is 70.7 Å². The Balaban J connectivity index is 1.58. The number of ether oxygens (including phenoxy) is 1. The number of aromatic nitrogens is 1. The number of hydrogen-bond acceptors (Lipinski definition) is 6. The maximum atomic E-state index is 9.09. The summed E-state index contributed by atoms with van der Waals surface area (Å²) in [7, 11) is 0. The van der Waals surface area contributed by atoms with Crippen LogP contribution in [0.3, 0.4) is 0 Å². The van der Waals surface area contributed by atoms with E-state index >= 15 is 0 Å². The second kappa shape index (κ2) is 8.50. The van der Waals surface area contributed by atoms with Crippen molar-refractivity contribution in [2.75, 3.05) is 5.43 Å². The number of nitrogens with one attached hydrogen (secondary N) is 1. The van der Waals surface area contributed by atoms with Gasteiger partial charge in [-0.3, -0.25) is 0 Å². The number of allylic oxidation sites excluding steroid dienone is 1. The minimum Gasteiger partial charge on any atom is -0.489 e. The summed E-state index contributed by atoms with van der Waals surface area (Å²) in [6.45, 7) is 6.01. The molecular formula is C21H18N4O2. The molecule has 0 aliphatic carbocycles. The Hall–Kier alpha value is -3.85. The third-order valence-electron chi connectivity index (χ3n) is 3.61. The molecule has 0 fully saturated rings. The van der Waals surface area contributed by atoms with Gasteiger partial charge in [-0.05, 0) is 42.3 Å². The number of nitrogens with zero attached hydrogens (tertiary/aromatic N) is 3. The first kappa shape index (κ1) is 18.0. The third-order valence-corrected chi connectivity index (χ3v) is 3.61. The van der Waals surface area contributed by atoms with Crippen LogP contribution in [0, 0.1) is 11.3 Å². The van der Waals surface area contributed by atoms with Gasteiger partial charge in [-0.2, -0.15) is 15.3 Å². The van der Waals surface area contributed by atoms with Crippen LogP contribution < -0.4 is 10.2 Å². The zero-order valence-corrected chi connectivity index (χ0v) is 14.8. The monoisotopic (exact) mass is 358 g/mol. The summed E-state index contributed by atoms with van der Waals surface area (Å²) in [6.07, 6.45) is 1.62. The van der Waals surface area contributed by atoms with Gasteiger partial charge in [-0.15, -0.1) is 0 Å². The van der Waals surface area contributed by atoms with Crippen molar-refractivity contribution in [2.45, 2.75) is 13.5 Å². The maximum absolute atomic E-state index is 9.09. The molecule has 6 nitrogen and oxygen atoms in total. The van der Waals surface area contributed by atoms with E-state index in [2.05, 4.69) is 22.1 Å². The Labute approximate surface area is 157 Å². The van der Waals surface area contributed by atoms with Crippen LogP contribution in [0.25, 0.3) is 5.57 Å². The number of rotatable bonds is 7. The first-order valence-electron chi connectivity index (χ1n) is 8.28. The van der Waals surface area contributed by atoms with Crippen LogP contribution in [-0.4, -0.2) is 11.2 Å².